The quantitative estimate of drug-likeness (QED) is 0.537. The number of H-pyrrole nitrogens is 1. The zero-order chi connectivity index (χ0) is 22.3. The highest BCUT2D eigenvalue weighted by molar-refractivity contribution is 6.06. The van der Waals surface area contributed by atoms with Gasteiger partial charge in [-0.1, -0.05) is 53.7 Å². The van der Waals surface area contributed by atoms with E-state index in [2.05, 4.69) is 51.8 Å². The van der Waals surface area contributed by atoms with Crippen LogP contribution in [0.4, 0.5) is 5.69 Å². The Balaban J connectivity index is 2.08. The summed E-state index contributed by atoms with van der Waals surface area (Å²) in [6.07, 6.45) is 2.30. The van der Waals surface area contributed by atoms with E-state index < -0.39 is 5.91 Å². The number of fused-ring (bicyclic) bond motifs is 1. The van der Waals surface area contributed by atoms with E-state index in [-0.39, 0.29) is 27.6 Å². The van der Waals surface area contributed by atoms with Crippen LogP contribution in [-0.2, 0) is 10.8 Å². The molecule has 0 saturated carbocycles. The van der Waals surface area contributed by atoms with Gasteiger partial charge in [0.2, 0.25) is 5.43 Å². The minimum atomic E-state index is -0.505. The Labute approximate surface area is 177 Å². The second kappa shape index (κ2) is 7.63. The van der Waals surface area contributed by atoms with Crippen molar-refractivity contribution in [3.63, 3.8) is 0 Å². The van der Waals surface area contributed by atoms with Gasteiger partial charge in [-0.15, -0.1) is 0 Å². The predicted molar refractivity (Wildman–Crippen MR) is 123 cm³/mol. The minimum absolute atomic E-state index is 0.0333. The first-order chi connectivity index (χ1) is 14.0. The Morgan fingerprint density at radius 2 is 1.73 bits per heavy atom. The molecule has 3 rings (SSSR count). The van der Waals surface area contributed by atoms with Gasteiger partial charge >= 0.3 is 0 Å². The van der Waals surface area contributed by atoms with Gasteiger partial charge in [-0.05, 0) is 46.6 Å². The van der Waals surface area contributed by atoms with Crippen LogP contribution in [0.1, 0.15) is 69.4 Å². The molecular formula is C25H30N2O3. The molecule has 0 unspecified atom stereocenters. The highest BCUT2D eigenvalue weighted by Crippen LogP contribution is 2.41. The number of benzene rings is 2. The lowest BCUT2D eigenvalue weighted by atomic mass is 9.77. The molecule has 158 valence electrons. The molecule has 30 heavy (non-hydrogen) atoms. The van der Waals surface area contributed by atoms with E-state index in [9.17, 15) is 14.7 Å². The Bertz CT molecular complexity index is 1170. The van der Waals surface area contributed by atoms with E-state index in [1.807, 2.05) is 12.1 Å². The van der Waals surface area contributed by atoms with Crippen LogP contribution in [0.3, 0.4) is 0 Å². The summed E-state index contributed by atoms with van der Waals surface area (Å²) in [7, 11) is 0. The van der Waals surface area contributed by atoms with Gasteiger partial charge in [-0.3, -0.25) is 9.59 Å². The van der Waals surface area contributed by atoms with Gasteiger partial charge in [-0.25, -0.2) is 0 Å². The third kappa shape index (κ3) is 3.97. The van der Waals surface area contributed by atoms with Gasteiger partial charge < -0.3 is 15.4 Å². The number of hydrogen-bond acceptors (Lipinski definition) is 3. The SMILES string of the molecule is CCC(C)(C)c1cc(C(C)(C)C)c(NC(=O)c2c[nH]c3ccccc3c2=O)cc1O. The number of carbonyl (C=O) groups is 1. The molecule has 0 aliphatic rings. The number of nitrogens with one attached hydrogen (secondary N) is 2. The molecule has 0 bridgehead atoms. The topological polar surface area (TPSA) is 82.2 Å². The normalized spacial score (nSPS) is 12.2. The number of aromatic hydroxyl groups is 1. The van der Waals surface area contributed by atoms with Crippen molar-refractivity contribution in [1.29, 1.82) is 0 Å². The van der Waals surface area contributed by atoms with E-state index in [4.69, 9.17) is 0 Å². The molecule has 3 aromatic rings. The highest BCUT2D eigenvalue weighted by Gasteiger charge is 2.28. The summed E-state index contributed by atoms with van der Waals surface area (Å²) in [5.41, 5.74) is 2.16. The monoisotopic (exact) mass is 406 g/mol. The van der Waals surface area contributed by atoms with E-state index in [1.165, 1.54) is 6.20 Å². The molecule has 0 aliphatic carbocycles. The fourth-order valence-corrected chi connectivity index (χ4v) is 3.57. The van der Waals surface area contributed by atoms with Crippen LogP contribution in [0.2, 0.25) is 0 Å². The summed E-state index contributed by atoms with van der Waals surface area (Å²) in [5.74, 6) is -0.369. The summed E-state index contributed by atoms with van der Waals surface area (Å²) in [6.45, 7) is 12.4. The molecule has 5 nitrogen and oxygen atoms in total. The maximum atomic E-state index is 13.0. The smallest absolute Gasteiger partial charge is 0.261 e. The first kappa shape index (κ1) is 21.6. The Hall–Kier alpha value is -3.08. The van der Waals surface area contributed by atoms with Gasteiger partial charge in [0.1, 0.15) is 11.3 Å². The van der Waals surface area contributed by atoms with E-state index in [0.29, 0.717) is 16.6 Å². The number of pyridine rings is 1. The van der Waals surface area contributed by atoms with Crippen molar-refractivity contribution in [3.05, 3.63) is 69.5 Å². The van der Waals surface area contributed by atoms with Crippen LogP contribution < -0.4 is 10.7 Å². The summed E-state index contributed by atoms with van der Waals surface area (Å²) < 4.78 is 0. The van der Waals surface area contributed by atoms with Gasteiger partial charge in [-0.2, -0.15) is 0 Å². The molecule has 1 heterocycles. The predicted octanol–water partition coefficient (Wildman–Crippen LogP) is 5.47. The third-order valence-electron chi connectivity index (χ3n) is 5.84. The largest absolute Gasteiger partial charge is 0.508 e. The number of para-hydroxylation sites is 1. The molecule has 0 fully saturated rings. The standard InChI is InChI=1S/C25H30N2O3/c1-7-25(5,6)18-12-17(24(2,3)4)20(13-21(18)28)27-23(30)16-14-26-19-11-9-8-10-15(19)22(16)29/h8-14,28H,7H2,1-6H3,(H,26,29)(H,27,30). The Kier molecular flexibility index (Phi) is 5.50. The second-order valence-electron chi connectivity index (χ2n) is 9.43. The Morgan fingerprint density at radius 1 is 1.07 bits per heavy atom. The summed E-state index contributed by atoms with van der Waals surface area (Å²) in [4.78, 5) is 28.8. The number of aromatic amines is 1. The molecule has 3 N–H and O–H groups in total. The molecular weight excluding hydrogens is 376 g/mol. The molecule has 0 saturated heterocycles. The van der Waals surface area contributed by atoms with Crippen molar-refractivity contribution in [3.8, 4) is 5.75 Å². The molecule has 1 amide bonds. The van der Waals surface area contributed by atoms with Gasteiger partial charge in [0, 0.05) is 28.9 Å². The van der Waals surface area contributed by atoms with Crippen molar-refractivity contribution >= 4 is 22.5 Å². The lowest BCUT2D eigenvalue weighted by Gasteiger charge is -2.30. The van der Waals surface area contributed by atoms with Crippen molar-refractivity contribution in [2.45, 2.75) is 58.8 Å². The van der Waals surface area contributed by atoms with Crippen molar-refractivity contribution < 1.29 is 9.90 Å². The fraction of sp³-hybridized carbons (Fsp3) is 0.360. The van der Waals surface area contributed by atoms with Gasteiger partial charge in [0.25, 0.3) is 5.91 Å². The van der Waals surface area contributed by atoms with E-state index >= 15 is 0 Å². The average molecular weight is 407 g/mol. The average Bonchev–Trinajstić information content (AvgIpc) is 2.67. The first-order valence-electron chi connectivity index (χ1n) is 10.3. The lowest BCUT2D eigenvalue weighted by Crippen LogP contribution is -2.25. The molecule has 5 heteroatoms. The number of aromatic nitrogens is 1. The molecule has 0 radical (unpaired) electrons. The number of carbonyl (C=O) groups excluding carboxylic acids is 1. The van der Waals surface area contributed by atoms with Gasteiger partial charge in [0.15, 0.2) is 0 Å². The summed E-state index contributed by atoms with van der Waals surface area (Å²) >= 11 is 0. The maximum Gasteiger partial charge on any atom is 0.261 e. The van der Waals surface area contributed by atoms with Gasteiger partial charge in [0.05, 0.1) is 0 Å². The number of amides is 1. The number of anilines is 1. The zero-order valence-electron chi connectivity index (χ0n) is 18.5. The lowest BCUT2D eigenvalue weighted by molar-refractivity contribution is 0.102. The number of hydrogen-bond donors (Lipinski definition) is 3. The van der Waals surface area contributed by atoms with E-state index in [0.717, 1.165) is 17.5 Å². The molecule has 0 spiro atoms. The van der Waals surface area contributed by atoms with Crippen LogP contribution in [0.25, 0.3) is 10.9 Å². The first-order valence-corrected chi connectivity index (χ1v) is 10.3. The molecule has 2 aromatic carbocycles. The molecule has 0 atom stereocenters. The number of phenolic OH excluding ortho intramolecular Hbond substituents is 1. The minimum Gasteiger partial charge on any atom is -0.508 e. The zero-order valence-corrected chi connectivity index (χ0v) is 18.5. The van der Waals surface area contributed by atoms with Crippen LogP contribution >= 0.6 is 0 Å². The number of phenols is 1. The van der Waals surface area contributed by atoms with Crippen molar-refractivity contribution in [2.75, 3.05) is 5.32 Å². The van der Waals surface area contributed by atoms with Crippen molar-refractivity contribution in [1.82, 2.24) is 4.98 Å². The number of rotatable bonds is 4. The highest BCUT2D eigenvalue weighted by atomic mass is 16.3. The van der Waals surface area contributed by atoms with Crippen LogP contribution in [-0.4, -0.2) is 16.0 Å². The molecule has 1 aromatic heterocycles. The van der Waals surface area contributed by atoms with E-state index in [1.54, 1.807) is 24.3 Å². The maximum absolute atomic E-state index is 13.0. The van der Waals surface area contributed by atoms with Crippen LogP contribution in [0, 0.1) is 0 Å². The summed E-state index contributed by atoms with van der Waals surface area (Å²) in [5, 5.41) is 14.0. The van der Waals surface area contributed by atoms with Crippen molar-refractivity contribution in [2.24, 2.45) is 0 Å². The fourth-order valence-electron chi connectivity index (χ4n) is 3.57. The third-order valence-corrected chi connectivity index (χ3v) is 5.84. The Morgan fingerprint density at radius 3 is 2.37 bits per heavy atom. The van der Waals surface area contributed by atoms with Crippen LogP contribution in [0.15, 0.2) is 47.4 Å². The molecule has 0 aliphatic heterocycles. The second-order valence-corrected chi connectivity index (χ2v) is 9.43. The summed E-state index contributed by atoms with van der Waals surface area (Å²) in [6, 6.07) is 10.7. The van der Waals surface area contributed by atoms with Crippen LogP contribution in [0.5, 0.6) is 5.75 Å².